The Morgan fingerprint density at radius 3 is 1.25 bits per heavy atom. The largest absolute Gasteiger partial charge is 0.504 e. The van der Waals surface area contributed by atoms with Gasteiger partial charge in [0.05, 0.1) is 0 Å². The molecule has 0 atom stereocenters. The smallest absolute Gasteiger partial charge is 0.169 e. The molecule has 0 radical (unpaired) electrons. The van der Waals surface area contributed by atoms with E-state index >= 15 is 0 Å². The molecule has 0 unspecified atom stereocenters. The van der Waals surface area contributed by atoms with Gasteiger partial charge in [0, 0.05) is 0 Å². The van der Waals surface area contributed by atoms with Crippen molar-refractivity contribution in [3.8, 4) is 45.6 Å². The van der Waals surface area contributed by atoms with Crippen molar-refractivity contribution in [3.63, 3.8) is 0 Å². The van der Waals surface area contributed by atoms with Crippen LogP contribution in [0.4, 0.5) is 0 Å². The Labute approximate surface area is 162 Å². The maximum Gasteiger partial charge on any atom is 0.169 e. The molecular weight excluding hydrogens is 352 g/mol. The maximum absolute atomic E-state index is 10.1. The number of phenols is 2. The summed E-state index contributed by atoms with van der Waals surface area (Å²) >= 11 is 0. The molecule has 0 spiro atoms. The van der Waals surface area contributed by atoms with Crippen molar-refractivity contribution in [2.75, 3.05) is 0 Å². The summed E-state index contributed by atoms with van der Waals surface area (Å²) in [6.45, 7) is 0. The van der Waals surface area contributed by atoms with Crippen LogP contribution >= 0.6 is 0 Å². The molecule has 4 rings (SSSR count). The average molecular weight is 370 g/mol. The van der Waals surface area contributed by atoms with E-state index in [1.54, 1.807) is 36.4 Å². The highest BCUT2D eigenvalue weighted by Crippen LogP contribution is 2.38. The zero-order valence-electron chi connectivity index (χ0n) is 14.9. The van der Waals surface area contributed by atoms with Crippen molar-refractivity contribution >= 4 is 0 Å². The average Bonchev–Trinajstić information content (AvgIpc) is 2.73. The fraction of sp³-hybridized carbons (Fsp3) is 0. The molecule has 0 aliphatic carbocycles. The summed E-state index contributed by atoms with van der Waals surface area (Å²) in [5.41, 5.74) is 1.64. The number of ether oxygens (including phenoxy) is 2. The molecule has 0 saturated carbocycles. The van der Waals surface area contributed by atoms with Gasteiger partial charge in [-0.2, -0.15) is 0 Å². The molecule has 0 aliphatic heterocycles. The van der Waals surface area contributed by atoms with Crippen molar-refractivity contribution in [2.24, 2.45) is 0 Å². The van der Waals surface area contributed by atoms with Gasteiger partial charge in [-0.05, 0) is 59.7 Å². The van der Waals surface area contributed by atoms with Gasteiger partial charge in [-0.15, -0.1) is 0 Å². The second-order valence-electron chi connectivity index (χ2n) is 6.20. The van der Waals surface area contributed by atoms with Crippen LogP contribution in [-0.2, 0) is 0 Å². The van der Waals surface area contributed by atoms with Gasteiger partial charge in [-0.3, -0.25) is 0 Å². The normalized spacial score (nSPS) is 10.4. The molecule has 4 aromatic carbocycles. The van der Waals surface area contributed by atoms with Crippen LogP contribution in [0.1, 0.15) is 0 Å². The van der Waals surface area contributed by atoms with E-state index in [4.69, 9.17) is 9.47 Å². The summed E-state index contributed by atoms with van der Waals surface area (Å²) in [5, 5.41) is 20.3. The molecular formula is C24H18O4. The Bertz CT molecular complexity index is 987. The molecule has 0 amide bonds. The third-order valence-electron chi connectivity index (χ3n) is 4.19. The lowest BCUT2D eigenvalue weighted by atomic mass is 10.0. The lowest BCUT2D eigenvalue weighted by molar-refractivity contribution is 0.411. The third-order valence-corrected chi connectivity index (χ3v) is 4.19. The molecule has 4 nitrogen and oxygen atoms in total. The molecule has 0 aliphatic rings. The van der Waals surface area contributed by atoms with E-state index in [0.717, 1.165) is 11.1 Å². The molecule has 0 bridgehead atoms. The minimum Gasteiger partial charge on any atom is -0.504 e. The summed E-state index contributed by atoms with van der Waals surface area (Å²) in [7, 11) is 0. The summed E-state index contributed by atoms with van der Waals surface area (Å²) in [6, 6.07) is 28.8. The first-order valence-corrected chi connectivity index (χ1v) is 8.81. The Kier molecular flexibility index (Phi) is 4.85. The highest BCUT2D eigenvalue weighted by molar-refractivity contribution is 5.70. The minimum absolute atomic E-state index is 0.0483. The topological polar surface area (TPSA) is 58.9 Å². The third kappa shape index (κ3) is 3.91. The Morgan fingerprint density at radius 1 is 0.464 bits per heavy atom. The van der Waals surface area contributed by atoms with Crippen LogP contribution in [-0.4, -0.2) is 10.2 Å². The van der Waals surface area contributed by atoms with Gasteiger partial charge in [0.2, 0.25) is 0 Å². The predicted molar refractivity (Wildman–Crippen MR) is 108 cm³/mol. The van der Waals surface area contributed by atoms with Crippen LogP contribution < -0.4 is 9.47 Å². The lowest BCUT2D eigenvalue weighted by Gasteiger charge is -2.12. The zero-order valence-corrected chi connectivity index (χ0v) is 14.9. The Balaban J connectivity index is 1.65. The summed E-state index contributed by atoms with van der Waals surface area (Å²) in [5.74, 6) is 2.06. The zero-order chi connectivity index (χ0) is 19.3. The van der Waals surface area contributed by atoms with Crippen LogP contribution in [0, 0.1) is 0 Å². The van der Waals surface area contributed by atoms with Gasteiger partial charge in [-0.25, -0.2) is 0 Å². The van der Waals surface area contributed by atoms with E-state index in [-0.39, 0.29) is 11.5 Å². The van der Waals surface area contributed by atoms with Gasteiger partial charge in [0.15, 0.2) is 23.0 Å². The predicted octanol–water partition coefficient (Wildman–Crippen LogP) is 6.35. The SMILES string of the molecule is Oc1ccc(-c2ccc(O)c(Oc3ccccc3)c2)cc1Oc1ccccc1. The van der Waals surface area contributed by atoms with Crippen molar-refractivity contribution in [1.82, 2.24) is 0 Å². The van der Waals surface area contributed by atoms with E-state index < -0.39 is 0 Å². The fourth-order valence-electron chi connectivity index (χ4n) is 2.78. The van der Waals surface area contributed by atoms with Gasteiger partial charge >= 0.3 is 0 Å². The summed E-state index contributed by atoms with van der Waals surface area (Å²) < 4.78 is 11.6. The van der Waals surface area contributed by atoms with E-state index in [2.05, 4.69) is 0 Å². The standard InChI is InChI=1S/C24H18O4/c25-21-13-11-17(15-23(21)27-19-7-3-1-4-8-19)18-12-14-22(26)24(16-18)28-20-9-5-2-6-10-20/h1-16,25-26H. The molecule has 2 N–H and O–H groups in total. The number of hydrogen-bond donors (Lipinski definition) is 2. The van der Waals surface area contributed by atoms with Gasteiger partial charge < -0.3 is 19.7 Å². The molecule has 4 aromatic rings. The van der Waals surface area contributed by atoms with Gasteiger partial charge in [-0.1, -0.05) is 48.5 Å². The second kappa shape index (κ2) is 7.76. The van der Waals surface area contributed by atoms with Crippen LogP contribution in [0.2, 0.25) is 0 Å². The first-order valence-electron chi connectivity index (χ1n) is 8.81. The molecule has 138 valence electrons. The van der Waals surface area contributed by atoms with E-state index in [1.807, 2.05) is 60.7 Å². The number of hydrogen-bond acceptors (Lipinski definition) is 4. The minimum atomic E-state index is 0.0483. The van der Waals surface area contributed by atoms with Crippen molar-refractivity contribution in [1.29, 1.82) is 0 Å². The van der Waals surface area contributed by atoms with Crippen LogP contribution in [0.15, 0.2) is 97.1 Å². The van der Waals surface area contributed by atoms with E-state index in [0.29, 0.717) is 23.0 Å². The monoisotopic (exact) mass is 370 g/mol. The molecule has 4 heteroatoms. The van der Waals surface area contributed by atoms with Crippen molar-refractivity contribution in [3.05, 3.63) is 97.1 Å². The number of rotatable bonds is 5. The molecule has 0 heterocycles. The molecule has 28 heavy (non-hydrogen) atoms. The first kappa shape index (κ1) is 17.5. The number of benzene rings is 4. The summed E-state index contributed by atoms with van der Waals surface area (Å²) in [4.78, 5) is 0. The Hall–Kier alpha value is -3.92. The maximum atomic E-state index is 10.1. The van der Waals surface area contributed by atoms with E-state index in [9.17, 15) is 10.2 Å². The van der Waals surface area contributed by atoms with E-state index in [1.165, 1.54) is 0 Å². The second-order valence-corrected chi connectivity index (χ2v) is 6.20. The van der Waals surface area contributed by atoms with Crippen molar-refractivity contribution in [2.45, 2.75) is 0 Å². The highest BCUT2D eigenvalue weighted by Gasteiger charge is 2.10. The number of phenolic OH excluding ortho intramolecular Hbond substituents is 2. The quantitative estimate of drug-likeness (QED) is 0.430. The molecule has 0 fully saturated rings. The van der Waals surface area contributed by atoms with Crippen molar-refractivity contribution < 1.29 is 19.7 Å². The number of para-hydroxylation sites is 2. The Morgan fingerprint density at radius 2 is 0.857 bits per heavy atom. The van der Waals surface area contributed by atoms with Crippen LogP contribution in [0.3, 0.4) is 0 Å². The molecule has 0 saturated heterocycles. The van der Waals surface area contributed by atoms with Gasteiger partial charge in [0.1, 0.15) is 11.5 Å². The molecule has 0 aromatic heterocycles. The van der Waals surface area contributed by atoms with Crippen LogP contribution in [0.5, 0.6) is 34.5 Å². The summed E-state index contributed by atoms with van der Waals surface area (Å²) in [6.07, 6.45) is 0. The lowest BCUT2D eigenvalue weighted by Crippen LogP contribution is -1.88. The fourth-order valence-corrected chi connectivity index (χ4v) is 2.78. The first-order chi connectivity index (χ1) is 13.7. The number of aromatic hydroxyl groups is 2. The van der Waals surface area contributed by atoms with Gasteiger partial charge in [0.25, 0.3) is 0 Å². The highest BCUT2D eigenvalue weighted by atomic mass is 16.5. The van der Waals surface area contributed by atoms with Crippen LogP contribution in [0.25, 0.3) is 11.1 Å².